The zero-order valence-corrected chi connectivity index (χ0v) is 12.5. The van der Waals surface area contributed by atoms with Crippen molar-refractivity contribution in [2.75, 3.05) is 11.5 Å². The molecule has 0 fully saturated rings. The monoisotopic (exact) mass is 273 g/mol. The van der Waals surface area contributed by atoms with Crippen molar-refractivity contribution in [1.82, 2.24) is 0 Å². The van der Waals surface area contributed by atoms with E-state index in [1.165, 1.54) is 0 Å². The van der Waals surface area contributed by atoms with E-state index in [0.717, 1.165) is 30.4 Å². The van der Waals surface area contributed by atoms with Gasteiger partial charge in [-0.15, -0.1) is 0 Å². The summed E-state index contributed by atoms with van der Waals surface area (Å²) in [5, 5.41) is 8.57. The second kappa shape index (κ2) is 6.42. The molecule has 1 aromatic carbocycles. The number of Topliss-reactive ketones (excluding diaryl/α,β-unsaturated/α-hetero) is 1. The molecule has 0 atom stereocenters. The topological polar surface area (TPSA) is 92.9 Å². The van der Waals surface area contributed by atoms with E-state index in [9.17, 15) is 4.79 Å². The highest BCUT2D eigenvalue weighted by Crippen LogP contribution is 2.33. The van der Waals surface area contributed by atoms with Crippen molar-refractivity contribution >= 4 is 17.2 Å². The molecule has 1 rings (SSSR count). The third-order valence-corrected chi connectivity index (χ3v) is 3.85. The molecule has 0 spiro atoms. The molecule has 108 valence electrons. The van der Waals surface area contributed by atoms with Gasteiger partial charge >= 0.3 is 0 Å². The van der Waals surface area contributed by atoms with Crippen molar-refractivity contribution in [3.05, 3.63) is 23.3 Å². The predicted octanol–water partition coefficient (Wildman–Crippen LogP) is 2.95. The van der Waals surface area contributed by atoms with E-state index in [2.05, 4.69) is 6.07 Å². The van der Waals surface area contributed by atoms with Gasteiger partial charge in [0.1, 0.15) is 5.78 Å². The van der Waals surface area contributed by atoms with Crippen molar-refractivity contribution in [3.63, 3.8) is 0 Å². The highest BCUT2D eigenvalue weighted by atomic mass is 16.1. The van der Waals surface area contributed by atoms with Crippen LogP contribution in [0.5, 0.6) is 0 Å². The second-order valence-corrected chi connectivity index (χ2v) is 5.68. The number of hydrogen-bond donors (Lipinski definition) is 2. The molecule has 0 saturated heterocycles. The number of unbranched alkanes of at least 4 members (excludes halogenated alkanes) is 2. The van der Waals surface area contributed by atoms with E-state index >= 15 is 0 Å². The molecule has 20 heavy (non-hydrogen) atoms. The van der Waals surface area contributed by atoms with Gasteiger partial charge in [0.25, 0.3) is 0 Å². The van der Waals surface area contributed by atoms with Crippen LogP contribution in [0.25, 0.3) is 0 Å². The maximum Gasteiger partial charge on any atom is 0.139 e. The van der Waals surface area contributed by atoms with E-state index < -0.39 is 5.41 Å². The van der Waals surface area contributed by atoms with Crippen LogP contribution >= 0.6 is 0 Å². The number of nitrogens with zero attached hydrogens (tertiary/aromatic N) is 1. The lowest BCUT2D eigenvalue weighted by molar-refractivity contribution is -0.121. The first-order valence-corrected chi connectivity index (χ1v) is 6.87. The molecule has 0 aromatic heterocycles. The smallest absolute Gasteiger partial charge is 0.139 e. The molecule has 4 heteroatoms. The van der Waals surface area contributed by atoms with Crippen molar-refractivity contribution < 1.29 is 4.79 Å². The van der Waals surface area contributed by atoms with Gasteiger partial charge in [-0.25, -0.2) is 0 Å². The standard InChI is InChI=1S/C16H23N3O/c1-11(20)16(2,3)13-10-15(19)14(18)9-12(13)7-5-4-6-8-17/h9-10H,4-7,18-19H2,1-3H3. The Labute approximate surface area is 120 Å². The molecular formula is C16H23N3O. The zero-order valence-electron chi connectivity index (χ0n) is 12.5. The van der Waals surface area contributed by atoms with Gasteiger partial charge in [-0.1, -0.05) is 0 Å². The van der Waals surface area contributed by atoms with Crippen molar-refractivity contribution in [1.29, 1.82) is 5.26 Å². The van der Waals surface area contributed by atoms with Gasteiger partial charge in [0.2, 0.25) is 0 Å². The van der Waals surface area contributed by atoms with Gasteiger partial charge < -0.3 is 11.5 Å². The van der Waals surface area contributed by atoms with Crippen molar-refractivity contribution in [2.45, 2.75) is 51.9 Å². The summed E-state index contributed by atoms with van der Waals surface area (Å²) in [5.74, 6) is 0.0972. The lowest BCUT2D eigenvalue weighted by Gasteiger charge is -2.26. The fourth-order valence-corrected chi connectivity index (χ4v) is 2.18. The molecule has 1 aromatic rings. The molecule has 4 N–H and O–H groups in total. The molecule has 0 aliphatic carbocycles. The first-order valence-electron chi connectivity index (χ1n) is 6.87. The Morgan fingerprint density at radius 3 is 2.40 bits per heavy atom. The van der Waals surface area contributed by atoms with E-state index in [-0.39, 0.29) is 5.78 Å². The van der Waals surface area contributed by atoms with Gasteiger partial charge in [0.05, 0.1) is 17.4 Å². The summed E-state index contributed by atoms with van der Waals surface area (Å²) in [6.07, 6.45) is 3.10. The quantitative estimate of drug-likeness (QED) is 0.615. The molecule has 0 bridgehead atoms. The number of aryl methyl sites for hydroxylation is 1. The van der Waals surface area contributed by atoms with Crippen LogP contribution in [-0.2, 0) is 16.6 Å². The largest absolute Gasteiger partial charge is 0.397 e. The molecule has 4 nitrogen and oxygen atoms in total. The van der Waals surface area contributed by atoms with E-state index in [1.807, 2.05) is 26.0 Å². The van der Waals surface area contributed by atoms with Gasteiger partial charge in [-0.2, -0.15) is 5.26 Å². The van der Waals surface area contributed by atoms with Gasteiger partial charge in [-0.3, -0.25) is 4.79 Å². The van der Waals surface area contributed by atoms with Crippen LogP contribution in [0.3, 0.4) is 0 Å². The molecule has 0 radical (unpaired) electrons. The summed E-state index contributed by atoms with van der Waals surface area (Å²) in [6.45, 7) is 5.39. The SMILES string of the molecule is CC(=O)C(C)(C)c1cc(N)c(N)cc1CCCCC#N. The third-order valence-electron chi connectivity index (χ3n) is 3.85. The second-order valence-electron chi connectivity index (χ2n) is 5.68. The number of nitrogen functional groups attached to an aromatic ring is 2. The van der Waals surface area contributed by atoms with Gasteiger partial charge in [0, 0.05) is 11.8 Å². The summed E-state index contributed by atoms with van der Waals surface area (Å²) in [4.78, 5) is 11.9. The maximum absolute atomic E-state index is 11.9. The number of anilines is 2. The van der Waals surface area contributed by atoms with Crippen LogP contribution in [0, 0.1) is 11.3 Å². The molecule has 0 heterocycles. The average Bonchev–Trinajstić information content (AvgIpc) is 2.38. The lowest BCUT2D eigenvalue weighted by atomic mass is 9.77. The molecular weight excluding hydrogens is 250 g/mol. The van der Waals surface area contributed by atoms with E-state index in [4.69, 9.17) is 16.7 Å². The minimum Gasteiger partial charge on any atom is -0.397 e. The first kappa shape index (κ1) is 16.0. The minimum absolute atomic E-state index is 0.0972. The highest BCUT2D eigenvalue weighted by Gasteiger charge is 2.29. The van der Waals surface area contributed by atoms with Crippen LogP contribution in [0.1, 0.15) is 51.2 Å². The van der Waals surface area contributed by atoms with E-state index in [1.54, 1.807) is 6.92 Å². The average molecular weight is 273 g/mol. The minimum atomic E-state index is -0.577. The fourth-order valence-electron chi connectivity index (χ4n) is 2.18. The number of hydrogen-bond acceptors (Lipinski definition) is 4. The summed E-state index contributed by atoms with van der Waals surface area (Å²) < 4.78 is 0. The van der Waals surface area contributed by atoms with E-state index in [0.29, 0.717) is 17.8 Å². The Balaban J connectivity index is 3.12. The van der Waals surface area contributed by atoms with Crippen LogP contribution in [0.4, 0.5) is 11.4 Å². The molecule has 0 aliphatic rings. The normalized spacial score (nSPS) is 11.1. The predicted molar refractivity (Wildman–Crippen MR) is 82.1 cm³/mol. The van der Waals surface area contributed by atoms with Crippen molar-refractivity contribution in [3.8, 4) is 6.07 Å². The molecule has 0 unspecified atom stereocenters. The fraction of sp³-hybridized carbons (Fsp3) is 0.500. The number of rotatable bonds is 6. The Bertz CT molecular complexity index is 541. The highest BCUT2D eigenvalue weighted by molar-refractivity contribution is 5.88. The number of nitriles is 1. The zero-order chi connectivity index (χ0) is 15.3. The molecule has 0 aliphatic heterocycles. The summed E-state index contributed by atoms with van der Waals surface area (Å²) in [7, 11) is 0. The molecule has 0 saturated carbocycles. The van der Waals surface area contributed by atoms with Crippen LogP contribution in [-0.4, -0.2) is 5.78 Å². The number of carbonyl (C=O) groups is 1. The number of nitrogens with two attached hydrogens (primary N) is 2. The maximum atomic E-state index is 11.9. The first-order chi connectivity index (χ1) is 9.30. The Hall–Kier alpha value is -2.02. The Kier molecular flexibility index (Phi) is 5.15. The lowest BCUT2D eigenvalue weighted by Crippen LogP contribution is -2.28. The van der Waals surface area contributed by atoms with Gasteiger partial charge in [-0.05, 0) is 63.3 Å². The summed E-state index contributed by atoms with van der Waals surface area (Å²) in [5.41, 5.74) is 14.2. The Morgan fingerprint density at radius 1 is 1.25 bits per heavy atom. The van der Waals surface area contributed by atoms with Crippen LogP contribution in [0.15, 0.2) is 12.1 Å². The third kappa shape index (κ3) is 3.51. The number of ketones is 1. The van der Waals surface area contributed by atoms with Gasteiger partial charge in [0.15, 0.2) is 0 Å². The summed E-state index contributed by atoms with van der Waals surface area (Å²) in [6, 6.07) is 5.82. The van der Waals surface area contributed by atoms with Crippen LogP contribution < -0.4 is 11.5 Å². The van der Waals surface area contributed by atoms with Crippen LogP contribution in [0.2, 0.25) is 0 Å². The van der Waals surface area contributed by atoms with Crippen molar-refractivity contribution in [2.24, 2.45) is 0 Å². The Morgan fingerprint density at radius 2 is 1.85 bits per heavy atom. The summed E-state index contributed by atoms with van der Waals surface area (Å²) >= 11 is 0. The molecule has 0 amide bonds. The number of benzene rings is 1. The number of carbonyl (C=O) groups excluding carboxylic acids is 1.